The molecule has 0 heterocycles. The van der Waals surface area contributed by atoms with E-state index in [4.69, 9.17) is 0 Å². The first-order chi connectivity index (χ1) is 9.35. The zero-order valence-corrected chi connectivity index (χ0v) is 13.1. The molecule has 1 aromatic rings. The number of rotatable bonds is 6. The van der Waals surface area contributed by atoms with Crippen LogP contribution < -0.4 is 5.32 Å². The molecule has 0 amide bonds. The molecule has 106 valence electrons. The highest BCUT2D eigenvalue weighted by Gasteiger charge is 2.30. The van der Waals surface area contributed by atoms with E-state index in [0.29, 0.717) is 0 Å². The van der Waals surface area contributed by atoms with E-state index in [-0.39, 0.29) is 0 Å². The van der Waals surface area contributed by atoms with Crippen LogP contribution in [0.2, 0.25) is 0 Å². The Morgan fingerprint density at radius 2 is 1.95 bits per heavy atom. The Morgan fingerprint density at radius 3 is 2.63 bits per heavy atom. The number of hydrogen-bond acceptors (Lipinski definition) is 2. The lowest BCUT2D eigenvalue weighted by Gasteiger charge is -2.36. The number of hydrogen-bond donors (Lipinski definition) is 1. The molecule has 0 aromatic heterocycles. The number of benzene rings is 1. The zero-order chi connectivity index (χ0) is 13.5. The first-order valence-electron chi connectivity index (χ1n) is 7.75. The molecule has 1 aliphatic rings. The van der Waals surface area contributed by atoms with Crippen LogP contribution in [0.4, 0.5) is 0 Å². The van der Waals surface area contributed by atoms with Crippen LogP contribution in [0.3, 0.4) is 0 Å². The summed E-state index contributed by atoms with van der Waals surface area (Å²) in [4.78, 5) is 0. The van der Waals surface area contributed by atoms with Gasteiger partial charge in [-0.2, -0.15) is 11.8 Å². The van der Waals surface area contributed by atoms with Crippen LogP contribution in [0.25, 0.3) is 0 Å². The van der Waals surface area contributed by atoms with Gasteiger partial charge in [-0.05, 0) is 49.5 Å². The molecule has 1 fully saturated rings. The molecule has 1 saturated carbocycles. The maximum absolute atomic E-state index is 3.69. The van der Waals surface area contributed by atoms with E-state index >= 15 is 0 Å². The fourth-order valence-electron chi connectivity index (χ4n) is 3.11. The smallest absolute Gasteiger partial charge is 0.0206 e. The summed E-state index contributed by atoms with van der Waals surface area (Å²) in [6.45, 7) is 5.61. The highest BCUT2D eigenvalue weighted by molar-refractivity contribution is 7.99. The minimum absolute atomic E-state index is 0.724. The minimum atomic E-state index is 0.724. The van der Waals surface area contributed by atoms with Gasteiger partial charge in [-0.25, -0.2) is 0 Å². The Hall–Kier alpha value is -0.470. The fraction of sp³-hybridized carbons (Fsp3) is 0.647. The highest BCUT2D eigenvalue weighted by Crippen LogP contribution is 2.38. The van der Waals surface area contributed by atoms with Crippen molar-refractivity contribution < 1.29 is 0 Å². The molecule has 1 aromatic carbocycles. The molecular weight excluding hydrogens is 250 g/mol. The van der Waals surface area contributed by atoms with Gasteiger partial charge in [-0.15, -0.1) is 0 Å². The summed E-state index contributed by atoms with van der Waals surface area (Å²) in [6, 6.07) is 11.8. The van der Waals surface area contributed by atoms with E-state index in [1.807, 2.05) is 0 Å². The SMILES string of the molecule is CCCSC1CC(c2ccccc2)CCC1NCC. The zero-order valence-electron chi connectivity index (χ0n) is 12.3. The molecule has 2 rings (SSSR count). The molecule has 2 heteroatoms. The lowest BCUT2D eigenvalue weighted by molar-refractivity contribution is 0.358. The normalized spacial score (nSPS) is 27.4. The van der Waals surface area contributed by atoms with E-state index in [2.05, 4.69) is 61.3 Å². The minimum Gasteiger partial charge on any atom is -0.313 e. The fourth-order valence-corrected chi connectivity index (χ4v) is 4.48. The molecule has 19 heavy (non-hydrogen) atoms. The van der Waals surface area contributed by atoms with Gasteiger partial charge in [0.15, 0.2) is 0 Å². The van der Waals surface area contributed by atoms with Gasteiger partial charge in [0.05, 0.1) is 0 Å². The second kappa shape index (κ2) is 7.96. The van der Waals surface area contributed by atoms with Crippen molar-refractivity contribution in [3.05, 3.63) is 35.9 Å². The first-order valence-corrected chi connectivity index (χ1v) is 8.80. The Bertz CT molecular complexity index is 352. The van der Waals surface area contributed by atoms with Crippen molar-refractivity contribution in [2.24, 2.45) is 0 Å². The van der Waals surface area contributed by atoms with Gasteiger partial charge in [0.2, 0.25) is 0 Å². The summed E-state index contributed by atoms with van der Waals surface area (Å²) in [6.07, 6.45) is 5.29. The van der Waals surface area contributed by atoms with E-state index < -0.39 is 0 Å². The molecule has 0 bridgehead atoms. The molecule has 1 nitrogen and oxygen atoms in total. The van der Waals surface area contributed by atoms with Crippen LogP contribution in [0.5, 0.6) is 0 Å². The summed E-state index contributed by atoms with van der Waals surface area (Å²) < 4.78 is 0. The molecule has 1 aliphatic carbocycles. The Labute approximate surface area is 122 Å². The maximum Gasteiger partial charge on any atom is 0.0206 e. The molecule has 0 saturated heterocycles. The Morgan fingerprint density at radius 1 is 1.16 bits per heavy atom. The molecular formula is C17H27NS. The second-order valence-electron chi connectivity index (χ2n) is 5.49. The predicted molar refractivity (Wildman–Crippen MR) is 87.0 cm³/mol. The lowest BCUT2D eigenvalue weighted by atomic mass is 9.81. The summed E-state index contributed by atoms with van der Waals surface area (Å²) in [5.41, 5.74) is 1.54. The van der Waals surface area contributed by atoms with Gasteiger partial charge in [0.1, 0.15) is 0 Å². The van der Waals surface area contributed by atoms with Crippen LogP contribution in [-0.4, -0.2) is 23.6 Å². The van der Waals surface area contributed by atoms with Crippen molar-refractivity contribution in [3.8, 4) is 0 Å². The van der Waals surface area contributed by atoms with Gasteiger partial charge in [-0.1, -0.05) is 44.2 Å². The van der Waals surface area contributed by atoms with Gasteiger partial charge in [-0.3, -0.25) is 0 Å². The third kappa shape index (κ3) is 4.25. The second-order valence-corrected chi connectivity index (χ2v) is 6.84. The van der Waals surface area contributed by atoms with Crippen LogP contribution in [0, 0.1) is 0 Å². The molecule has 3 unspecified atom stereocenters. The summed E-state index contributed by atoms with van der Waals surface area (Å²) in [5, 5.41) is 4.49. The van der Waals surface area contributed by atoms with E-state index in [0.717, 1.165) is 23.8 Å². The summed E-state index contributed by atoms with van der Waals surface area (Å²) in [7, 11) is 0. The molecule has 0 radical (unpaired) electrons. The van der Waals surface area contributed by atoms with Crippen molar-refractivity contribution in [1.29, 1.82) is 0 Å². The van der Waals surface area contributed by atoms with Gasteiger partial charge >= 0.3 is 0 Å². The Kier molecular flexibility index (Phi) is 6.25. The standard InChI is InChI=1S/C17H27NS/c1-3-12-19-17-13-15(10-11-16(17)18-4-2)14-8-6-5-7-9-14/h5-9,15-18H,3-4,10-13H2,1-2H3. The lowest BCUT2D eigenvalue weighted by Crippen LogP contribution is -2.42. The number of thioether (sulfide) groups is 1. The van der Waals surface area contributed by atoms with Crippen LogP contribution in [0.1, 0.15) is 51.0 Å². The molecule has 3 atom stereocenters. The van der Waals surface area contributed by atoms with Crippen molar-refractivity contribution in [1.82, 2.24) is 5.32 Å². The summed E-state index contributed by atoms with van der Waals surface area (Å²) in [5.74, 6) is 2.07. The van der Waals surface area contributed by atoms with Crippen LogP contribution >= 0.6 is 11.8 Å². The van der Waals surface area contributed by atoms with E-state index in [1.54, 1.807) is 5.56 Å². The van der Waals surface area contributed by atoms with Gasteiger partial charge in [0.25, 0.3) is 0 Å². The largest absolute Gasteiger partial charge is 0.313 e. The van der Waals surface area contributed by atoms with E-state index in [9.17, 15) is 0 Å². The van der Waals surface area contributed by atoms with Crippen LogP contribution in [0.15, 0.2) is 30.3 Å². The van der Waals surface area contributed by atoms with Crippen LogP contribution in [-0.2, 0) is 0 Å². The van der Waals surface area contributed by atoms with E-state index in [1.165, 1.54) is 31.4 Å². The highest BCUT2D eigenvalue weighted by atomic mass is 32.2. The van der Waals surface area contributed by atoms with Crippen molar-refractivity contribution in [2.45, 2.75) is 56.7 Å². The molecule has 0 aliphatic heterocycles. The third-order valence-electron chi connectivity index (χ3n) is 4.07. The van der Waals surface area contributed by atoms with Gasteiger partial charge < -0.3 is 5.32 Å². The topological polar surface area (TPSA) is 12.0 Å². The van der Waals surface area contributed by atoms with Gasteiger partial charge in [0, 0.05) is 11.3 Å². The number of nitrogens with one attached hydrogen (secondary N) is 1. The summed E-state index contributed by atoms with van der Waals surface area (Å²) >= 11 is 2.18. The average Bonchev–Trinajstić information content (AvgIpc) is 2.47. The monoisotopic (exact) mass is 277 g/mol. The molecule has 0 spiro atoms. The first kappa shape index (κ1) is 14.9. The average molecular weight is 277 g/mol. The van der Waals surface area contributed by atoms with Crippen molar-refractivity contribution in [3.63, 3.8) is 0 Å². The van der Waals surface area contributed by atoms with Crippen molar-refractivity contribution >= 4 is 11.8 Å². The Balaban J connectivity index is 1.99. The van der Waals surface area contributed by atoms with Crippen molar-refractivity contribution in [2.75, 3.05) is 12.3 Å². The maximum atomic E-state index is 3.69. The molecule has 1 N–H and O–H groups in total. The third-order valence-corrected chi connectivity index (χ3v) is 5.66. The predicted octanol–water partition coefficient (Wildman–Crippen LogP) is 4.44. The quantitative estimate of drug-likeness (QED) is 0.825.